The fourth-order valence-electron chi connectivity index (χ4n) is 1.08. The highest BCUT2D eigenvalue weighted by molar-refractivity contribution is 7.89. The molecule has 0 aliphatic heterocycles. The van der Waals surface area contributed by atoms with Gasteiger partial charge in [0.1, 0.15) is 4.90 Å². The second-order valence-electron chi connectivity index (χ2n) is 2.85. The number of nitrogen functional groups attached to an aromatic ring is 1. The minimum atomic E-state index is -3.48. The maximum Gasteiger partial charge on any atom is 0.245 e. The van der Waals surface area contributed by atoms with Crippen LogP contribution in [-0.2, 0) is 16.6 Å². The van der Waals surface area contributed by atoms with Crippen molar-refractivity contribution in [1.82, 2.24) is 14.5 Å². The first kappa shape index (κ1) is 11.0. The van der Waals surface area contributed by atoms with E-state index in [9.17, 15) is 8.42 Å². The van der Waals surface area contributed by atoms with Gasteiger partial charge in [0.05, 0.1) is 0 Å². The molecule has 6 nitrogen and oxygen atoms in total. The summed E-state index contributed by atoms with van der Waals surface area (Å²) in [5, 5.41) is 3.89. The van der Waals surface area contributed by atoms with Crippen LogP contribution in [0.5, 0.6) is 0 Å². The van der Waals surface area contributed by atoms with E-state index < -0.39 is 10.0 Å². The van der Waals surface area contributed by atoms with E-state index in [1.807, 2.05) is 6.92 Å². The van der Waals surface area contributed by atoms with E-state index in [2.05, 4.69) is 9.82 Å². The first-order chi connectivity index (χ1) is 6.51. The lowest BCUT2D eigenvalue weighted by Crippen LogP contribution is -2.19. The van der Waals surface area contributed by atoms with E-state index in [-0.39, 0.29) is 10.7 Å². The first-order valence-electron chi connectivity index (χ1n) is 4.27. The molecule has 0 aromatic carbocycles. The van der Waals surface area contributed by atoms with Crippen LogP contribution >= 0.6 is 0 Å². The number of sulfonamides is 1. The summed E-state index contributed by atoms with van der Waals surface area (Å²) in [4.78, 5) is 0.0356. The molecule has 0 fully saturated rings. The van der Waals surface area contributed by atoms with Crippen molar-refractivity contribution in [2.45, 2.75) is 24.8 Å². The number of anilines is 1. The van der Waals surface area contributed by atoms with Crippen LogP contribution in [0.4, 0.5) is 5.82 Å². The van der Waals surface area contributed by atoms with Crippen molar-refractivity contribution in [3.63, 3.8) is 0 Å². The number of aryl methyl sites for hydroxylation is 1. The molecule has 3 N–H and O–H groups in total. The van der Waals surface area contributed by atoms with Crippen LogP contribution in [-0.4, -0.2) is 25.2 Å². The van der Waals surface area contributed by atoms with Crippen molar-refractivity contribution in [1.29, 1.82) is 0 Å². The highest BCUT2D eigenvalue weighted by Gasteiger charge is 2.18. The Bertz CT molecular complexity index is 409. The van der Waals surface area contributed by atoms with Gasteiger partial charge in [-0.25, -0.2) is 13.1 Å². The first-order valence-corrected chi connectivity index (χ1v) is 5.76. The Labute approximate surface area is 83.1 Å². The Kier molecular flexibility index (Phi) is 3.12. The molecule has 0 amide bonds. The summed E-state index contributed by atoms with van der Waals surface area (Å²) >= 11 is 0. The highest BCUT2D eigenvalue weighted by atomic mass is 32.2. The smallest absolute Gasteiger partial charge is 0.245 e. The Hall–Kier alpha value is -1.08. The molecular formula is C7H14N4O2S. The second-order valence-corrected chi connectivity index (χ2v) is 4.70. The molecule has 1 heterocycles. The van der Waals surface area contributed by atoms with E-state index in [4.69, 9.17) is 5.73 Å². The Morgan fingerprint density at radius 1 is 1.64 bits per heavy atom. The van der Waals surface area contributed by atoms with E-state index in [1.54, 1.807) is 0 Å². The molecule has 0 aliphatic carbocycles. The van der Waals surface area contributed by atoms with Gasteiger partial charge in [0.25, 0.3) is 0 Å². The minimum absolute atomic E-state index is 0.0350. The van der Waals surface area contributed by atoms with Crippen LogP contribution in [0.2, 0.25) is 0 Å². The van der Waals surface area contributed by atoms with E-state index in [0.29, 0.717) is 6.54 Å². The van der Waals surface area contributed by atoms with Crippen LogP contribution < -0.4 is 10.5 Å². The molecular weight excluding hydrogens is 204 g/mol. The van der Waals surface area contributed by atoms with Crippen molar-refractivity contribution < 1.29 is 8.42 Å². The lowest BCUT2D eigenvalue weighted by Gasteiger charge is -1.97. The molecule has 7 heteroatoms. The van der Waals surface area contributed by atoms with Gasteiger partial charge in [0, 0.05) is 12.7 Å². The topological polar surface area (TPSA) is 90.0 Å². The van der Waals surface area contributed by atoms with Gasteiger partial charge < -0.3 is 5.73 Å². The molecule has 1 aromatic rings. The molecule has 0 spiro atoms. The number of aromatic nitrogens is 2. The summed E-state index contributed by atoms with van der Waals surface area (Å²) in [6.07, 6.45) is 2.31. The fourth-order valence-corrected chi connectivity index (χ4v) is 1.88. The monoisotopic (exact) mass is 218 g/mol. The molecule has 0 aliphatic rings. The zero-order valence-electron chi connectivity index (χ0n) is 8.19. The number of nitrogens with one attached hydrogen (secondary N) is 1. The van der Waals surface area contributed by atoms with Gasteiger partial charge >= 0.3 is 0 Å². The van der Waals surface area contributed by atoms with Crippen LogP contribution in [0.3, 0.4) is 0 Å². The molecule has 0 saturated heterocycles. The van der Waals surface area contributed by atoms with Crippen LogP contribution in [0.15, 0.2) is 11.1 Å². The molecule has 0 unspecified atom stereocenters. The zero-order chi connectivity index (χ0) is 10.8. The van der Waals surface area contributed by atoms with Crippen molar-refractivity contribution in [2.75, 3.05) is 12.8 Å². The van der Waals surface area contributed by atoms with Crippen molar-refractivity contribution in [2.24, 2.45) is 0 Å². The molecule has 0 radical (unpaired) electrons. The van der Waals surface area contributed by atoms with Crippen LogP contribution in [0.1, 0.15) is 13.3 Å². The third kappa shape index (κ3) is 2.05. The average Bonchev–Trinajstić information content (AvgIpc) is 2.48. The largest absolute Gasteiger partial charge is 0.381 e. The summed E-state index contributed by atoms with van der Waals surface area (Å²) in [6, 6.07) is 0. The normalized spacial score (nSPS) is 11.9. The van der Waals surface area contributed by atoms with Gasteiger partial charge in [-0.15, -0.1) is 0 Å². The predicted octanol–water partition coefficient (Wildman–Crippen LogP) is -0.217. The molecule has 1 aromatic heterocycles. The van der Waals surface area contributed by atoms with E-state index in [0.717, 1.165) is 6.42 Å². The summed E-state index contributed by atoms with van der Waals surface area (Å²) in [7, 11) is -2.15. The summed E-state index contributed by atoms with van der Waals surface area (Å²) in [5.41, 5.74) is 5.48. The zero-order valence-corrected chi connectivity index (χ0v) is 9.00. The number of rotatable bonds is 4. The van der Waals surface area contributed by atoms with E-state index in [1.165, 1.54) is 17.9 Å². The standard InChI is InChI=1S/C7H14N4O2S/c1-3-4-11-5-6(7(8)10-11)14(12,13)9-2/h5,9H,3-4H2,1-2H3,(H2,8,10). The predicted molar refractivity (Wildman–Crippen MR) is 53.2 cm³/mol. The molecule has 0 bridgehead atoms. The maximum atomic E-state index is 11.4. The maximum absolute atomic E-state index is 11.4. The number of nitrogens with zero attached hydrogens (tertiary/aromatic N) is 2. The lowest BCUT2D eigenvalue weighted by molar-refractivity contribution is 0.585. The number of nitrogens with two attached hydrogens (primary N) is 1. The van der Waals surface area contributed by atoms with Crippen molar-refractivity contribution in [3.05, 3.63) is 6.20 Å². The molecule has 1 rings (SSSR count). The highest BCUT2D eigenvalue weighted by Crippen LogP contribution is 2.15. The van der Waals surface area contributed by atoms with Crippen molar-refractivity contribution >= 4 is 15.8 Å². The van der Waals surface area contributed by atoms with Crippen LogP contribution in [0.25, 0.3) is 0 Å². The molecule has 0 saturated carbocycles. The van der Waals surface area contributed by atoms with Gasteiger partial charge in [-0.1, -0.05) is 6.92 Å². The SMILES string of the molecule is CCCn1cc(S(=O)(=O)NC)c(N)n1. The molecule has 14 heavy (non-hydrogen) atoms. The van der Waals surface area contributed by atoms with Gasteiger partial charge in [0.2, 0.25) is 10.0 Å². The Morgan fingerprint density at radius 2 is 2.29 bits per heavy atom. The fraction of sp³-hybridized carbons (Fsp3) is 0.571. The average molecular weight is 218 g/mol. The Balaban J connectivity index is 3.11. The summed E-state index contributed by atoms with van der Waals surface area (Å²) in [6.45, 7) is 2.63. The lowest BCUT2D eigenvalue weighted by atomic mass is 10.5. The third-order valence-corrected chi connectivity index (χ3v) is 3.20. The van der Waals surface area contributed by atoms with Gasteiger partial charge in [-0.2, -0.15) is 5.10 Å². The third-order valence-electron chi connectivity index (χ3n) is 1.77. The van der Waals surface area contributed by atoms with Crippen molar-refractivity contribution in [3.8, 4) is 0 Å². The van der Waals surface area contributed by atoms with Gasteiger partial charge in [0.15, 0.2) is 5.82 Å². The number of hydrogen-bond acceptors (Lipinski definition) is 4. The van der Waals surface area contributed by atoms with Gasteiger partial charge in [-0.3, -0.25) is 4.68 Å². The molecule has 0 atom stereocenters. The number of hydrogen-bond donors (Lipinski definition) is 2. The van der Waals surface area contributed by atoms with E-state index >= 15 is 0 Å². The minimum Gasteiger partial charge on any atom is -0.381 e. The Morgan fingerprint density at radius 3 is 2.79 bits per heavy atom. The van der Waals surface area contributed by atoms with Crippen LogP contribution in [0, 0.1) is 0 Å². The quantitative estimate of drug-likeness (QED) is 0.731. The van der Waals surface area contributed by atoms with Gasteiger partial charge in [-0.05, 0) is 13.5 Å². The summed E-state index contributed by atoms with van der Waals surface area (Å²) in [5.74, 6) is 0.0350. The second kappa shape index (κ2) is 3.97. The molecule has 80 valence electrons. The summed E-state index contributed by atoms with van der Waals surface area (Å²) < 4.78 is 26.5.